The lowest BCUT2D eigenvalue weighted by molar-refractivity contribution is 0.161. The molecule has 19 heavy (non-hydrogen) atoms. The van der Waals surface area contributed by atoms with E-state index in [1.165, 1.54) is 4.90 Å². The van der Waals surface area contributed by atoms with E-state index in [-0.39, 0.29) is 12.8 Å². The molecule has 1 aromatic carbocycles. The number of amides is 2. The lowest BCUT2D eigenvalue weighted by atomic mass is 10.2. The second kappa shape index (κ2) is 5.51. The van der Waals surface area contributed by atoms with Crippen LogP contribution < -0.4 is 14.8 Å². The first-order valence-electron chi connectivity index (χ1n) is 5.75. The number of hydrogen-bond donors (Lipinski definition) is 1. The molecule has 6 nitrogen and oxygen atoms in total. The van der Waals surface area contributed by atoms with Crippen LogP contribution in [0.3, 0.4) is 0 Å². The summed E-state index contributed by atoms with van der Waals surface area (Å²) in [6, 6.07) is 4.90. The van der Waals surface area contributed by atoms with Crippen molar-refractivity contribution in [2.45, 2.75) is 6.92 Å². The molecule has 0 bridgehead atoms. The van der Waals surface area contributed by atoms with Crippen LogP contribution in [0.25, 0.3) is 0 Å². The number of nitrogens with one attached hydrogen (secondary N) is 1. The first kappa shape index (κ1) is 13.1. The zero-order chi connectivity index (χ0) is 13.8. The predicted molar refractivity (Wildman–Crippen MR) is 70.1 cm³/mol. The van der Waals surface area contributed by atoms with Gasteiger partial charge in [-0.25, -0.2) is 4.79 Å². The zero-order valence-electron chi connectivity index (χ0n) is 11.1. The summed E-state index contributed by atoms with van der Waals surface area (Å²) in [7, 11) is 3.11. The normalized spacial score (nSPS) is 13.6. The molecular weight excluding hydrogens is 248 g/mol. The molecular formula is C13H16N2O4. The van der Waals surface area contributed by atoms with Crippen LogP contribution >= 0.6 is 0 Å². The molecule has 0 saturated heterocycles. The van der Waals surface area contributed by atoms with Crippen LogP contribution in [0.5, 0.6) is 11.5 Å². The maximum atomic E-state index is 12.0. The van der Waals surface area contributed by atoms with Gasteiger partial charge in [0.2, 0.25) is 0 Å². The number of carbonyl (C=O) groups excluding carboxylic acids is 1. The molecule has 0 saturated carbocycles. The quantitative estimate of drug-likeness (QED) is 0.910. The van der Waals surface area contributed by atoms with Gasteiger partial charge >= 0.3 is 6.03 Å². The van der Waals surface area contributed by atoms with Gasteiger partial charge in [-0.05, 0) is 19.1 Å². The average Bonchev–Trinajstić information content (AvgIpc) is 2.85. The molecule has 0 aliphatic carbocycles. The fourth-order valence-corrected chi connectivity index (χ4v) is 1.68. The third-order valence-electron chi connectivity index (χ3n) is 2.68. The Kier molecular flexibility index (Phi) is 3.79. The van der Waals surface area contributed by atoms with Crippen molar-refractivity contribution in [2.24, 2.45) is 0 Å². The molecule has 2 amide bonds. The molecule has 0 fully saturated rings. The Bertz CT molecular complexity index is 513. The van der Waals surface area contributed by atoms with Gasteiger partial charge in [0, 0.05) is 12.3 Å². The van der Waals surface area contributed by atoms with E-state index in [1.54, 1.807) is 45.5 Å². The third kappa shape index (κ3) is 2.90. The molecule has 0 spiro atoms. The summed E-state index contributed by atoms with van der Waals surface area (Å²) in [5.74, 6) is 1.91. The highest BCUT2D eigenvalue weighted by molar-refractivity contribution is 5.92. The highest BCUT2D eigenvalue weighted by Crippen LogP contribution is 2.29. The van der Waals surface area contributed by atoms with Gasteiger partial charge in [-0.3, -0.25) is 4.90 Å². The second-order valence-electron chi connectivity index (χ2n) is 3.98. The summed E-state index contributed by atoms with van der Waals surface area (Å²) in [4.78, 5) is 13.5. The van der Waals surface area contributed by atoms with Crippen LogP contribution in [-0.2, 0) is 4.74 Å². The summed E-state index contributed by atoms with van der Waals surface area (Å²) in [6.45, 7) is 2.00. The van der Waals surface area contributed by atoms with E-state index in [0.29, 0.717) is 22.9 Å². The smallest absolute Gasteiger partial charge is 0.328 e. The number of rotatable bonds is 3. The zero-order valence-corrected chi connectivity index (χ0v) is 11.1. The van der Waals surface area contributed by atoms with Gasteiger partial charge in [0.25, 0.3) is 0 Å². The highest BCUT2D eigenvalue weighted by atomic mass is 16.5. The minimum atomic E-state index is -0.289. The second-order valence-corrected chi connectivity index (χ2v) is 3.98. The Morgan fingerprint density at radius 1 is 1.37 bits per heavy atom. The van der Waals surface area contributed by atoms with Crippen LogP contribution in [0.4, 0.5) is 10.5 Å². The summed E-state index contributed by atoms with van der Waals surface area (Å²) in [6.07, 6.45) is 1.64. The topological polar surface area (TPSA) is 60.0 Å². The molecule has 1 aliphatic rings. The first-order chi connectivity index (χ1) is 9.13. The molecule has 6 heteroatoms. The van der Waals surface area contributed by atoms with E-state index in [9.17, 15) is 4.79 Å². The van der Waals surface area contributed by atoms with Crippen LogP contribution in [0, 0.1) is 0 Å². The number of ether oxygens (including phenoxy) is 3. The minimum absolute atomic E-state index is 0.212. The lowest BCUT2D eigenvalue weighted by Gasteiger charge is -2.15. The van der Waals surface area contributed by atoms with Crippen LogP contribution in [-0.4, -0.2) is 31.9 Å². The molecule has 1 N–H and O–H groups in total. The number of nitrogens with zero attached hydrogens (tertiary/aromatic N) is 1. The monoisotopic (exact) mass is 264 g/mol. The van der Waals surface area contributed by atoms with Gasteiger partial charge < -0.3 is 19.5 Å². The van der Waals surface area contributed by atoms with Gasteiger partial charge in [-0.1, -0.05) is 0 Å². The standard InChI is InChI=1S/C13H16N2O4/c1-9-7-15(8-19-9)13(16)14-11-6-10(17-2)4-5-12(11)18-3/h4-7H,8H2,1-3H3,(H,14,16). The fourth-order valence-electron chi connectivity index (χ4n) is 1.68. The Morgan fingerprint density at radius 2 is 2.16 bits per heavy atom. The number of allylic oxidation sites excluding steroid dienone is 1. The maximum Gasteiger partial charge on any atom is 0.328 e. The Morgan fingerprint density at radius 3 is 2.74 bits per heavy atom. The van der Waals surface area contributed by atoms with Crippen molar-refractivity contribution in [2.75, 3.05) is 26.3 Å². The van der Waals surface area contributed by atoms with E-state index in [1.807, 2.05) is 0 Å². The van der Waals surface area contributed by atoms with E-state index in [4.69, 9.17) is 14.2 Å². The Hall–Kier alpha value is -2.37. The largest absolute Gasteiger partial charge is 0.497 e. The summed E-state index contributed by atoms with van der Waals surface area (Å²) in [5, 5.41) is 2.76. The highest BCUT2D eigenvalue weighted by Gasteiger charge is 2.19. The van der Waals surface area contributed by atoms with Crippen molar-refractivity contribution < 1.29 is 19.0 Å². The first-order valence-corrected chi connectivity index (χ1v) is 5.75. The summed E-state index contributed by atoms with van der Waals surface area (Å²) in [5.41, 5.74) is 0.546. The van der Waals surface area contributed by atoms with Gasteiger partial charge in [-0.15, -0.1) is 0 Å². The maximum absolute atomic E-state index is 12.0. The van der Waals surface area contributed by atoms with E-state index >= 15 is 0 Å². The van der Waals surface area contributed by atoms with Crippen molar-refractivity contribution in [3.63, 3.8) is 0 Å². The van der Waals surface area contributed by atoms with Crippen LogP contribution in [0.15, 0.2) is 30.2 Å². The molecule has 0 unspecified atom stereocenters. The number of carbonyl (C=O) groups is 1. The molecule has 1 heterocycles. The molecule has 102 valence electrons. The van der Waals surface area contributed by atoms with Gasteiger partial charge in [-0.2, -0.15) is 0 Å². The molecule has 0 aromatic heterocycles. The van der Waals surface area contributed by atoms with E-state index < -0.39 is 0 Å². The Labute approximate surface area is 111 Å². The predicted octanol–water partition coefficient (Wildman–Crippen LogP) is 2.39. The van der Waals surface area contributed by atoms with E-state index in [2.05, 4.69) is 5.32 Å². The SMILES string of the molecule is COc1ccc(OC)c(NC(=O)N2C=C(C)OC2)c1. The molecule has 0 atom stereocenters. The van der Waals surface area contributed by atoms with E-state index in [0.717, 1.165) is 0 Å². The van der Waals surface area contributed by atoms with Crippen molar-refractivity contribution >= 4 is 11.7 Å². The van der Waals surface area contributed by atoms with Crippen molar-refractivity contribution in [1.82, 2.24) is 4.90 Å². The number of hydrogen-bond acceptors (Lipinski definition) is 4. The Balaban J connectivity index is 2.15. The van der Waals surface area contributed by atoms with Crippen LogP contribution in [0.1, 0.15) is 6.92 Å². The molecule has 1 aliphatic heterocycles. The summed E-state index contributed by atoms with van der Waals surface area (Å²) >= 11 is 0. The number of methoxy groups -OCH3 is 2. The van der Waals surface area contributed by atoms with Crippen molar-refractivity contribution in [3.05, 3.63) is 30.2 Å². The molecule has 2 rings (SSSR count). The van der Waals surface area contributed by atoms with Gasteiger partial charge in [0.15, 0.2) is 6.73 Å². The summed E-state index contributed by atoms with van der Waals surface area (Å²) < 4.78 is 15.5. The molecule has 1 aromatic rings. The van der Waals surface area contributed by atoms with Gasteiger partial charge in [0.05, 0.1) is 19.9 Å². The average molecular weight is 264 g/mol. The van der Waals surface area contributed by atoms with Gasteiger partial charge in [0.1, 0.15) is 17.3 Å². The third-order valence-corrected chi connectivity index (χ3v) is 2.68. The fraction of sp³-hybridized carbons (Fsp3) is 0.308. The lowest BCUT2D eigenvalue weighted by Crippen LogP contribution is -2.29. The number of anilines is 1. The minimum Gasteiger partial charge on any atom is -0.497 e. The van der Waals surface area contributed by atoms with Crippen molar-refractivity contribution in [3.8, 4) is 11.5 Å². The number of benzene rings is 1. The number of urea groups is 1. The van der Waals surface area contributed by atoms with Crippen LogP contribution in [0.2, 0.25) is 0 Å². The molecule has 0 radical (unpaired) electrons. The van der Waals surface area contributed by atoms with Crippen molar-refractivity contribution in [1.29, 1.82) is 0 Å².